The van der Waals surface area contributed by atoms with Crippen LogP contribution in [0.15, 0.2) is 85.1 Å². The highest BCUT2D eigenvalue weighted by molar-refractivity contribution is 7.45. The second kappa shape index (κ2) is 34.4. The number of phosphoric ester groups is 1. The number of amides is 1. The molecule has 3 unspecified atom stereocenters. The summed E-state index contributed by atoms with van der Waals surface area (Å²) < 4.78 is 23.0. The van der Waals surface area contributed by atoms with Crippen LogP contribution in [0.4, 0.5) is 0 Å². The van der Waals surface area contributed by atoms with Crippen molar-refractivity contribution in [3.8, 4) is 0 Å². The minimum Gasteiger partial charge on any atom is -0.756 e. The molecule has 0 aliphatic carbocycles. The molecule has 52 heavy (non-hydrogen) atoms. The summed E-state index contributed by atoms with van der Waals surface area (Å²) in [6.45, 7) is 4.35. The minimum absolute atomic E-state index is 0.0143. The fourth-order valence-corrected chi connectivity index (χ4v) is 5.63. The molecule has 0 aromatic heterocycles. The maximum absolute atomic E-state index is 12.7. The van der Waals surface area contributed by atoms with Gasteiger partial charge in [-0.3, -0.25) is 9.36 Å². The minimum atomic E-state index is -4.59. The fourth-order valence-electron chi connectivity index (χ4n) is 4.90. The molecule has 3 atom stereocenters. The van der Waals surface area contributed by atoms with Gasteiger partial charge in [0.05, 0.1) is 39.9 Å². The number of likely N-dealkylation sites (N-methyl/N-ethyl adjacent to an activating group) is 1. The molecule has 0 rings (SSSR count). The Labute approximate surface area is 318 Å². The maximum atomic E-state index is 12.7. The molecular formula is C43H75N2O6P. The molecule has 298 valence electrons. The summed E-state index contributed by atoms with van der Waals surface area (Å²) in [5.74, 6) is -0.229. The van der Waals surface area contributed by atoms with Crippen molar-refractivity contribution >= 4 is 13.7 Å². The number of quaternary nitrogens is 1. The molecule has 0 spiro atoms. The number of rotatable bonds is 34. The van der Waals surface area contributed by atoms with Crippen molar-refractivity contribution in [3.63, 3.8) is 0 Å². The van der Waals surface area contributed by atoms with Crippen molar-refractivity contribution in [1.82, 2.24) is 5.32 Å². The van der Waals surface area contributed by atoms with Crippen LogP contribution in [0.2, 0.25) is 0 Å². The van der Waals surface area contributed by atoms with Crippen molar-refractivity contribution in [2.24, 2.45) is 0 Å². The zero-order valence-electron chi connectivity index (χ0n) is 33.5. The van der Waals surface area contributed by atoms with E-state index < -0.39 is 26.6 Å². The lowest BCUT2D eigenvalue weighted by molar-refractivity contribution is -0.870. The van der Waals surface area contributed by atoms with Crippen LogP contribution in [0.3, 0.4) is 0 Å². The molecular weight excluding hydrogens is 671 g/mol. The average Bonchev–Trinajstić information content (AvgIpc) is 3.09. The normalized spacial score (nSPS) is 15.4. The molecule has 0 aliphatic heterocycles. The van der Waals surface area contributed by atoms with Crippen LogP contribution in [-0.2, 0) is 18.4 Å². The Morgan fingerprint density at radius 3 is 1.77 bits per heavy atom. The van der Waals surface area contributed by atoms with E-state index in [9.17, 15) is 19.4 Å². The number of aliphatic hydroxyl groups is 1. The number of nitrogens with one attached hydrogen (secondary N) is 1. The van der Waals surface area contributed by atoms with Crippen LogP contribution in [0.1, 0.15) is 129 Å². The van der Waals surface area contributed by atoms with Crippen molar-refractivity contribution in [1.29, 1.82) is 0 Å². The number of hydrogen-bond donors (Lipinski definition) is 2. The summed E-state index contributed by atoms with van der Waals surface area (Å²) in [6.07, 6.45) is 46.6. The Balaban J connectivity index is 4.31. The molecule has 2 N–H and O–H groups in total. The van der Waals surface area contributed by atoms with Gasteiger partial charge in [0.15, 0.2) is 0 Å². The SMILES string of the molecule is CC/C=C\C/C=C\C/C=C\C/C=C\C/C=C\CCCCCCCCCC(=O)NC(COP(=O)([O-])OCC[N+](C)(C)C)C(O)/C=C/CC/C=C/CCC. The van der Waals surface area contributed by atoms with E-state index in [1.54, 1.807) is 6.08 Å². The lowest BCUT2D eigenvalue weighted by Gasteiger charge is -2.29. The second-order valence-electron chi connectivity index (χ2n) is 14.2. The first-order valence-corrected chi connectivity index (χ1v) is 21.4. The number of carbonyl (C=O) groups is 1. The van der Waals surface area contributed by atoms with E-state index in [-0.39, 0.29) is 12.5 Å². The topological polar surface area (TPSA) is 108 Å². The van der Waals surface area contributed by atoms with Crippen LogP contribution in [0, 0.1) is 0 Å². The van der Waals surface area contributed by atoms with E-state index >= 15 is 0 Å². The molecule has 0 aliphatic rings. The first kappa shape index (κ1) is 49.7. The van der Waals surface area contributed by atoms with Gasteiger partial charge < -0.3 is 28.8 Å². The Morgan fingerprint density at radius 2 is 1.19 bits per heavy atom. The predicted molar refractivity (Wildman–Crippen MR) is 219 cm³/mol. The van der Waals surface area contributed by atoms with Gasteiger partial charge in [-0.25, -0.2) is 0 Å². The van der Waals surface area contributed by atoms with Gasteiger partial charge >= 0.3 is 0 Å². The van der Waals surface area contributed by atoms with Crippen molar-refractivity contribution in [3.05, 3.63) is 85.1 Å². The molecule has 0 bridgehead atoms. The second-order valence-corrected chi connectivity index (χ2v) is 15.7. The third kappa shape index (κ3) is 36.1. The van der Waals surface area contributed by atoms with Crippen LogP contribution in [-0.4, -0.2) is 68.5 Å². The first-order valence-electron chi connectivity index (χ1n) is 19.9. The van der Waals surface area contributed by atoms with E-state index in [1.165, 1.54) is 19.3 Å². The van der Waals surface area contributed by atoms with Gasteiger partial charge in [-0.2, -0.15) is 0 Å². The monoisotopic (exact) mass is 747 g/mol. The zero-order valence-corrected chi connectivity index (χ0v) is 34.4. The summed E-state index contributed by atoms with van der Waals surface area (Å²) in [6, 6.07) is -0.911. The number of aliphatic hydroxyl groups excluding tert-OH is 1. The molecule has 0 aromatic rings. The highest BCUT2D eigenvalue weighted by atomic mass is 31.2. The summed E-state index contributed by atoms with van der Waals surface area (Å²) in [4.78, 5) is 25.1. The fraction of sp³-hybridized carbons (Fsp3) is 0.651. The molecule has 0 saturated carbocycles. The van der Waals surface area contributed by atoms with Gasteiger partial charge in [-0.1, -0.05) is 137 Å². The standard InChI is InChI=1S/C43H75N2O6P/c1-6-8-10-12-14-15-16-17-18-19-20-21-22-23-24-25-26-27-28-29-31-33-35-37-43(47)44-41(42(46)36-34-32-30-13-11-9-7-2)40-51-52(48,49)50-39-38-45(3,4)5/h8,10-11,13-15,17-18,20-21,23-24,34,36,41-42,46H,6-7,9,12,16,19,22,25-33,35,37-40H2,1-5H3,(H-,44,47,48,49)/b10-8-,13-11+,15-14-,18-17-,21-20-,24-23-,36-34+. The van der Waals surface area contributed by atoms with Gasteiger partial charge in [-0.05, 0) is 70.6 Å². The van der Waals surface area contributed by atoms with Crippen LogP contribution >= 0.6 is 7.82 Å². The number of nitrogens with zero attached hydrogens (tertiary/aromatic N) is 1. The van der Waals surface area contributed by atoms with Crippen LogP contribution in [0.25, 0.3) is 0 Å². The van der Waals surface area contributed by atoms with Gasteiger partial charge in [-0.15, -0.1) is 0 Å². The average molecular weight is 747 g/mol. The van der Waals surface area contributed by atoms with E-state index in [4.69, 9.17) is 9.05 Å². The summed E-state index contributed by atoms with van der Waals surface area (Å²) >= 11 is 0. The molecule has 9 heteroatoms. The number of unbranched alkanes of at least 4 members (excludes halogenated alkanes) is 9. The van der Waals surface area contributed by atoms with Gasteiger partial charge in [0.25, 0.3) is 7.82 Å². The molecule has 1 amide bonds. The predicted octanol–water partition coefficient (Wildman–Crippen LogP) is 9.99. The highest BCUT2D eigenvalue weighted by Crippen LogP contribution is 2.38. The lowest BCUT2D eigenvalue weighted by Crippen LogP contribution is -2.45. The number of hydrogen-bond acceptors (Lipinski definition) is 6. The Bertz CT molecular complexity index is 1120. The quantitative estimate of drug-likeness (QED) is 0.0294. The number of carbonyl (C=O) groups excluding carboxylic acids is 1. The molecule has 0 radical (unpaired) electrons. The molecule has 0 aromatic carbocycles. The van der Waals surface area contributed by atoms with Gasteiger partial charge in [0.1, 0.15) is 13.2 Å². The maximum Gasteiger partial charge on any atom is 0.268 e. The van der Waals surface area contributed by atoms with E-state index in [2.05, 4.69) is 92.1 Å². The lowest BCUT2D eigenvalue weighted by atomic mass is 10.1. The first-order chi connectivity index (χ1) is 25.0. The molecule has 0 saturated heterocycles. The van der Waals surface area contributed by atoms with E-state index in [1.807, 2.05) is 27.2 Å². The summed E-state index contributed by atoms with van der Waals surface area (Å²) in [7, 11) is 1.21. The third-order valence-electron chi connectivity index (χ3n) is 8.07. The van der Waals surface area contributed by atoms with E-state index in [0.29, 0.717) is 17.4 Å². The highest BCUT2D eigenvalue weighted by Gasteiger charge is 2.23. The smallest absolute Gasteiger partial charge is 0.268 e. The largest absolute Gasteiger partial charge is 0.756 e. The van der Waals surface area contributed by atoms with Crippen molar-refractivity contribution < 1.29 is 32.9 Å². The Kier molecular flexibility index (Phi) is 32.9. The van der Waals surface area contributed by atoms with Crippen LogP contribution < -0.4 is 10.2 Å². The molecule has 8 nitrogen and oxygen atoms in total. The van der Waals surface area contributed by atoms with Gasteiger partial charge in [0, 0.05) is 6.42 Å². The van der Waals surface area contributed by atoms with Crippen molar-refractivity contribution in [2.75, 3.05) is 40.9 Å². The molecule has 0 fully saturated rings. The van der Waals surface area contributed by atoms with Gasteiger partial charge in [0.2, 0.25) is 5.91 Å². The third-order valence-corrected chi connectivity index (χ3v) is 9.03. The summed E-state index contributed by atoms with van der Waals surface area (Å²) in [5.41, 5.74) is 0. The number of allylic oxidation sites excluding steroid dienone is 13. The van der Waals surface area contributed by atoms with Crippen LogP contribution in [0.5, 0.6) is 0 Å². The number of phosphoric acid groups is 1. The zero-order chi connectivity index (χ0) is 38.6. The Hall–Kier alpha value is -2.32. The van der Waals surface area contributed by atoms with E-state index in [0.717, 1.165) is 89.9 Å². The van der Waals surface area contributed by atoms with Crippen molar-refractivity contribution in [2.45, 2.75) is 142 Å². The molecule has 0 heterocycles. The Morgan fingerprint density at radius 1 is 0.692 bits per heavy atom. The summed E-state index contributed by atoms with van der Waals surface area (Å²) in [5, 5.41) is 13.6.